The van der Waals surface area contributed by atoms with Crippen LogP contribution in [0.3, 0.4) is 0 Å². The van der Waals surface area contributed by atoms with E-state index in [1.165, 1.54) is 0 Å². The highest BCUT2D eigenvalue weighted by atomic mass is 32.2. The van der Waals surface area contributed by atoms with E-state index in [4.69, 9.17) is 4.63 Å². The van der Waals surface area contributed by atoms with Gasteiger partial charge >= 0.3 is 11.7 Å². The van der Waals surface area contributed by atoms with E-state index in [0.717, 1.165) is 41.6 Å². The molecule has 0 fully saturated rings. The summed E-state index contributed by atoms with van der Waals surface area (Å²) in [5.74, 6) is -3.35. The van der Waals surface area contributed by atoms with E-state index in [9.17, 15) is 27.6 Å². The zero-order valence-corrected chi connectivity index (χ0v) is 17.9. The molecule has 0 aliphatic rings. The van der Waals surface area contributed by atoms with Gasteiger partial charge in [-0.1, -0.05) is 16.9 Å². The molecule has 2 heterocycles. The van der Waals surface area contributed by atoms with E-state index in [2.05, 4.69) is 30.0 Å². The predicted molar refractivity (Wildman–Crippen MR) is 105 cm³/mol. The Bertz CT molecular complexity index is 1210. The van der Waals surface area contributed by atoms with Crippen molar-refractivity contribution >= 4 is 23.6 Å². The number of carbonyl (C=O) groups is 2. The molecule has 0 spiro atoms. The molecule has 1 amide bonds. The summed E-state index contributed by atoms with van der Waals surface area (Å²) in [6.07, 6.45) is -3.55. The third-order valence-electron chi connectivity index (χ3n) is 4.16. The second-order valence-corrected chi connectivity index (χ2v) is 7.57. The van der Waals surface area contributed by atoms with Gasteiger partial charge in [0, 0.05) is 11.8 Å². The molecule has 1 aromatic carbocycles. The zero-order valence-electron chi connectivity index (χ0n) is 17.1. The summed E-state index contributed by atoms with van der Waals surface area (Å²) in [5, 5.41) is 13.8. The minimum Gasteiger partial charge on any atom is -0.469 e. The van der Waals surface area contributed by atoms with Crippen LogP contribution in [-0.4, -0.2) is 50.8 Å². The van der Waals surface area contributed by atoms with Gasteiger partial charge in [-0.2, -0.15) is 0 Å². The molecule has 1 N–H and O–H groups in total. The number of rotatable bonds is 9. The van der Waals surface area contributed by atoms with E-state index in [1.807, 2.05) is 0 Å². The average Bonchev–Trinajstić information content (AvgIpc) is 3.38. The lowest BCUT2D eigenvalue weighted by Crippen LogP contribution is -2.35. The smallest absolute Gasteiger partial charge is 0.446 e. The second-order valence-electron chi connectivity index (χ2n) is 6.56. The summed E-state index contributed by atoms with van der Waals surface area (Å²) in [5.41, 5.74) is -1.08. The maximum atomic E-state index is 13.7. The Morgan fingerprint density at radius 1 is 1.27 bits per heavy atom. The molecule has 1 atom stereocenters. The molecule has 2 aromatic heterocycles. The SMILES string of the molecule is COC(=O)CC(=O)N[C@@H](C)CSc1nonc1-c1noc(=O)n1-c1ccc(F)c(C(F)F)c1. The number of esters is 1. The number of nitrogens with zero attached hydrogens (tertiary/aromatic N) is 4. The Balaban J connectivity index is 1.81. The van der Waals surface area contributed by atoms with Gasteiger partial charge in [0.05, 0.1) is 18.4 Å². The van der Waals surface area contributed by atoms with Gasteiger partial charge in [-0.05, 0) is 35.4 Å². The monoisotopic (exact) mass is 487 g/mol. The molecule has 176 valence electrons. The van der Waals surface area contributed by atoms with Crippen LogP contribution < -0.4 is 11.1 Å². The maximum absolute atomic E-state index is 13.7. The van der Waals surface area contributed by atoms with Crippen LogP contribution in [0.25, 0.3) is 17.2 Å². The average molecular weight is 487 g/mol. The first-order valence-electron chi connectivity index (χ1n) is 9.19. The summed E-state index contributed by atoms with van der Waals surface area (Å²) in [4.78, 5) is 35.1. The number of amides is 1. The molecule has 0 radical (unpaired) electrons. The van der Waals surface area contributed by atoms with Crippen molar-refractivity contribution in [3.05, 3.63) is 40.1 Å². The minimum atomic E-state index is -3.11. The molecule has 11 nitrogen and oxygen atoms in total. The summed E-state index contributed by atoms with van der Waals surface area (Å²) in [6, 6.07) is 2.26. The normalized spacial score (nSPS) is 12.1. The van der Waals surface area contributed by atoms with Gasteiger partial charge in [-0.3, -0.25) is 14.1 Å². The lowest BCUT2D eigenvalue weighted by Gasteiger charge is -2.12. The lowest BCUT2D eigenvalue weighted by molar-refractivity contribution is -0.143. The second kappa shape index (κ2) is 10.3. The highest BCUT2D eigenvalue weighted by Gasteiger charge is 2.25. The number of nitrogens with one attached hydrogen (secondary N) is 1. The van der Waals surface area contributed by atoms with Gasteiger partial charge in [0.2, 0.25) is 11.7 Å². The molecule has 0 unspecified atom stereocenters. The van der Waals surface area contributed by atoms with Gasteiger partial charge in [-0.15, -0.1) is 0 Å². The standard InChI is InChI=1S/C18H16F3N5O6S/c1-8(22-12(27)6-13(28)30-2)7-33-17-14(23-32-25-17)16-24-31-18(29)26(16)9-3-4-11(19)10(5-9)15(20)21/h3-5,8,15H,6-7H2,1-2H3,(H,22,27)/t8-/m0/s1. The van der Waals surface area contributed by atoms with Crippen molar-refractivity contribution in [2.45, 2.75) is 30.8 Å². The van der Waals surface area contributed by atoms with E-state index >= 15 is 0 Å². The topological polar surface area (TPSA) is 142 Å². The van der Waals surface area contributed by atoms with E-state index in [1.54, 1.807) is 6.92 Å². The van der Waals surface area contributed by atoms with Crippen LogP contribution in [-0.2, 0) is 14.3 Å². The Kier molecular flexibility index (Phi) is 7.52. The van der Waals surface area contributed by atoms with Crippen molar-refractivity contribution in [2.24, 2.45) is 0 Å². The van der Waals surface area contributed by atoms with E-state index < -0.39 is 47.9 Å². The van der Waals surface area contributed by atoms with Gasteiger partial charge in [0.25, 0.3) is 6.43 Å². The number of ether oxygens (including phenoxy) is 1. The van der Waals surface area contributed by atoms with Gasteiger partial charge in [0.1, 0.15) is 12.2 Å². The fraction of sp³-hybridized carbons (Fsp3) is 0.333. The predicted octanol–water partition coefficient (Wildman–Crippen LogP) is 2.11. The van der Waals surface area contributed by atoms with Crippen molar-refractivity contribution in [1.82, 2.24) is 25.4 Å². The number of benzene rings is 1. The lowest BCUT2D eigenvalue weighted by atomic mass is 10.2. The number of hydrogen-bond acceptors (Lipinski definition) is 10. The molecule has 15 heteroatoms. The molecule has 3 rings (SSSR count). The molecule has 33 heavy (non-hydrogen) atoms. The summed E-state index contributed by atoms with van der Waals surface area (Å²) in [7, 11) is 1.16. The number of aromatic nitrogens is 4. The fourth-order valence-electron chi connectivity index (χ4n) is 2.65. The number of halogens is 3. The van der Waals surface area contributed by atoms with E-state index in [0.29, 0.717) is 0 Å². The van der Waals surface area contributed by atoms with Gasteiger partial charge in [0.15, 0.2) is 10.7 Å². The van der Waals surface area contributed by atoms with Crippen LogP contribution in [0.2, 0.25) is 0 Å². The molecule has 0 saturated heterocycles. The fourth-order valence-corrected chi connectivity index (χ4v) is 3.49. The van der Waals surface area contributed by atoms with Crippen molar-refractivity contribution in [1.29, 1.82) is 0 Å². The van der Waals surface area contributed by atoms with Crippen LogP contribution in [0.15, 0.2) is 37.2 Å². The van der Waals surface area contributed by atoms with Crippen molar-refractivity contribution in [3.63, 3.8) is 0 Å². The highest BCUT2D eigenvalue weighted by molar-refractivity contribution is 7.99. The highest BCUT2D eigenvalue weighted by Crippen LogP contribution is 2.30. The quantitative estimate of drug-likeness (QED) is 0.271. The first-order valence-corrected chi connectivity index (χ1v) is 10.2. The molecular weight excluding hydrogens is 471 g/mol. The van der Waals surface area contributed by atoms with Gasteiger partial charge in [-0.25, -0.2) is 27.2 Å². The number of alkyl halides is 2. The van der Waals surface area contributed by atoms with Gasteiger partial charge < -0.3 is 10.1 Å². The van der Waals surface area contributed by atoms with Crippen LogP contribution in [0.4, 0.5) is 13.2 Å². The summed E-state index contributed by atoms with van der Waals surface area (Å²) < 4.78 is 54.4. The van der Waals surface area contributed by atoms with Crippen molar-refractivity contribution in [3.8, 4) is 17.2 Å². The molecule has 0 aliphatic heterocycles. The first-order chi connectivity index (χ1) is 15.7. The van der Waals surface area contributed by atoms with Crippen LogP contribution in [0, 0.1) is 5.82 Å². The van der Waals surface area contributed by atoms with Crippen molar-refractivity contribution < 1.29 is 36.6 Å². The first kappa shape index (κ1) is 24.0. The number of hydrogen-bond donors (Lipinski definition) is 1. The third-order valence-corrected chi connectivity index (χ3v) is 5.37. The number of methoxy groups -OCH3 is 1. The Morgan fingerprint density at radius 3 is 2.73 bits per heavy atom. The molecule has 3 aromatic rings. The summed E-state index contributed by atoms with van der Waals surface area (Å²) in [6.45, 7) is 1.67. The largest absolute Gasteiger partial charge is 0.469 e. The minimum absolute atomic E-state index is 0.0399. The Hall–Kier alpha value is -3.62. The van der Waals surface area contributed by atoms with Crippen LogP contribution in [0.1, 0.15) is 25.3 Å². The zero-order chi connectivity index (χ0) is 24.1. The molecule has 0 bridgehead atoms. The van der Waals surface area contributed by atoms with E-state index in [-0.39, 0.29) is 28.0 Å². The third kappa shape index (κ3) is 5.60. The Morgan fingerprint density at radius 2 is 2.03 bits per heavy atom. The molecule has 0 saturated carbocycles. The molecular formula is C18H16F3N5O6S. The molecule has 0 aliphatic carbocycles. The number of thioether (sulfide) groups is 1. The Labute approximate surface area is 187 Å². The number of carbonyl (C=O) groups excluding carboxylic acids is 2. The van der Waals surface area contributed by atoms with Crippen LogP contribution in [0.5, 0.6) is 0 Å². The van der Waals surface area contributed by atoms with Crippen molar-refractivity contribution in [2.75, 3.05) is 12.9 Å². The maximum Gasteiger partial charge on any atom is 0.446 e. The van der Waals surface area contributed by atoms with Crippen LogP contribution >= 0.6 is 11.8 Å². The summed E-state index contributed by atoms with van der Waals surface area (Å²) >= 11 is 1.07.